The molecule has 30 heavy (non-hydrogen) atoms. The van der Waals surface area contributed by atoms with Crippen LogP contribution in [-0.4, -0.2) is 38.5 Å². The number of dihydropyridines is 1. The maximum atomic E-state index is 13.5. The number of hydrogen-bond acceptors (Lipinski definition) is 7. The Bertz CT molecular complexity index is 945. The second kappa shape index (κ2) is 8.73. The Morgan fingerprint density at radius 2 is 1.97 bits per heavy atom. The van der Waals surface area contributed by atoms with Crippen LogP contribution in [0.3, 0.4) is 0 Å². The van der Waals surface area contributed by atoms with Crippen molar-refractivity contribution >= 4 is 17.7 Å². The molecule has 0 spiro atoms. The molecule has 1 aromatic carbocycles. The zero-order valence-electron chi connectivity index (χ0n) is 17.9. The molecule has 1 aliphatic heterocycles. The first-order chi connectivity index (χ1) is 14.3. The highest BCUT2D eigenvalue weighted by atomic mass is 16.5. The van der Waals surface area contributed by atoms with E-state index in [0.717, 1.165) is 11.3 Å². The molecule has 0 saturated carbocycles. The van der Waals surface area contributed by atoms with Crippen LogP contribution >= 0.6 is 0 Å². The van der Waals surface area contributed by atoms with Crippen LogP contribution < -0.4 is 10.1 Å². The lowest BCUT2D eigenvalue weighted by molar-refractivity contribution is -0.151. The lowest BCUT2D eigenvalue weighted by Crippen LogP contribution is -2.43. The van der Waals surface area contributed by atoms with E-state index in [1.165, 1.54) is 7.11 Å². The van der Waals surface area contributed by atoms with Gasteiger partial charge in [-0.2, -0.15) is 0 Å². The van der Waals surface area contributed by atoms with Gasteiger partial charge in [-0.25, -0.2) is 4.79 Å². The molecule has 0 amide bonds. The fraction of sp³-hybridized carbons (Fsp3) is 0.435. The number of methoxy groups -OCH3 is 2. The molecule has 0 fully saturated rings. The Balaban J connectivity index is 2.20. The average Bonchev–Trinajstić information content (AvgIpc) is 2.72. The van der Waals surface area contributed by atoms with Crippen molar-refractivity contribution in [2.45, 2.75) is 33.1 Å². The molecule has 1 aliphatic carbocycles. The third-order valence-electron chi connectivity index (χ3n) is 5.67. The third-order valence-corrected chi connectivity index (χ3v) is 5.67. The van der Waals surface area contributed by atoms with Gasteiger partial charge < -0.3 is 19.5 Å². The lowest BCUT2D eigenvalue weighted by Gasteiger charge is -2.38. The number of ether oxygens (including phenoxy) is 3. The van der Waals surface area contributed by atoms with Crippen molar-refractivity contribution < 1.29 is 28.6 Å². The van der Waals surface area contributed by atoms with Gasteiger partial charge in [-0.15, -0.1) is 0 Å². The normalized spacial score (nSPS) is 23.5. The smallest absolute Gasteiger partial charge is 0.336 e. The van der Waals surface area contributed by atoms with Gasteiger partial charge >= 0.3 is 11.9 Å². The first-order valence-corrected chi connectivity index (χ1v) is 9.97. The predicted octanol–water partition coefficient (Wildman–Crippen LogP) is 2.87. The van der Waals surface area contributed by atoms with Crippen molar-refractivity contribution in [1.82, 2.24) is 5.32 Å². The van der Waals surface area contributed by atoms with Crippen LogP contribution in [0, 0.1) is 11.8 Å². The van der Waals surface area contributed by atoms with Crippen LogP contribution in [0.2, 0.25) is 0 Å². The van der Waals surface area contributed by atoms with Crippen LogP contribution in [0.1, 0.15) is 38.7 Å². The number of hydrogen-bond donors (Lipinski definition) is 1. The predicted molar refractivity (Wildman–Crippen MR) is 110 cm³/mol. The highest BCUT2D eigenvalue weighted by Crippen LogP contribution is 2.45. The van der Waals surface area contributed by atoms with Gasteiger partial charge in [-0.3, -0.25) is 9.59 Å². The summed E-state index contributed by atoms with van der Waals surface area (Å²) in [5, 5.41) is 3.23. The van der Waals surface area contributed by atoms with Crippen molar-refractivity contribution in [3.63, 3.8) is 0 Å². The molecule has 3 atom stereocenters. The van der Waals surface area contributed by atoms with Crippen LogP contribution in [0.5, 0.6) is 5.75 Å². The first-order valence-electron chi connectivity index (χ1n) is 9.97. The SMILES string of the molecule is CCOC(=O)C1=C(C)NC2=C(C(=O)[C@@H](C(=O)OC)[C@H](C)C2)[C@H]1c1cccc(OC)c1. The van der Waals surface area contributed by atoms with E-state index in [-0.39, 0.29) is 18.3 Å². The highest BCUT2D eigenvalue weighted by molar-refractivity contribution is 6.12. The number of esters is 2. The highest BCUT2D eigenvalue weighted by Gasteiger charge is 2.47. The van der Waals surface area contributed by atoms with Gasteiger partial charge in [-0.1, -0.05) is 19.1 Å². The summed E-state index contributed by atoms with van der Waals surface area (Å²) in [4.78, 5) is 38.8. The Morgan fingerprint density at radius 3 is 2.60 bits per heavy atom. The molecule has 0 radical (unpaired) electrons. The first kappa shape index (κ1) is 21.6. The summed E-state index contributed by atoms with van der Waals surface area (Å²) in [5.74, 6) is -2.58. The number of rotatable bonds is 5. The van der Waals surface area contributed by atoms with Crippen molar-refractivity contribution in [1.29, 1.82) is 0 Å². The van der Waals surface area contributed by atoms with Gasteiger partial charge in [0.2, 0.25) is 0 Å². The van der Waals surface area contributed by atoms with Gasteiger partial charge in [0.15, 0.2) is 5.78 Å². The maximum Gasteiger partial charge on any atom is 0.336 e. The number of carbonyl (C=O) groups is 3. The van der Waals surface area contributed by atoms with E-state index < -0.39 is 23.8 Å². The largest absolute Gasteiger partial charge is 0.497 e. The quantitative estimate of drug-likeness (QED) is 0.586. The average molecular weight is 413 g/mol. The monoisotopic (exact) mass is 413 g/mol. The molecule has 0 aromatic heterocycles. The van der Waals surface area contributed by atoms with Crippen LogP contribution in [0.4, 0.5) is 0 Å². The number of allylic oxidation sites excluding steroid dienone is 3. The zero-order valence-corrected chi connectivity index (χ0v) is 17.9. The van der Waals surface area contributed by atoms with Crippen molar-refractivity contribution in [3.05, 3.63) is 52.4 Å². The maximum absolute atomic E-state index is 13.5. The molecule has 1 heterocycles. The van der Waals surface area contributed by atoms with E-state index in [1.54, 1.807) is 33.1 Å². The van der Waals surface area contributed by atoms with Crippen molar-refractivity contribution in [3.8, 4) is 5.75 Å². The fourth-order valence-electron chi connectivity index (χ4n) is 4.31. The molecule has 0 unspecified atom stereocenters. The summed E-state index contributed by atoms with van der Waals surface area (Å²) < 4.78 is 15.5. The van der Waals surface area contributed by atoms with Gasteiger partial charge in [0.25, 0.3) is 0 Å². The molecule has 2 aliphatic rings. The molecule has 7 nitrogen and oxygen atoms in total. The van der Waals surface area contributed by atoms with Gasteiger partial charge in [0.05, 0.1) is 26.4 Å². The van der Waals surface area contributed by atoms with Gasteiger partial charge in [0.1, 0.15) is 11.7 Å². The molecule has 0 bridgehead atoms. The summed E-state index contributed by atoms with van der Waals surface area (Å²) in [6.45, 7) is 5.59. The summed E-state index contributed by atoms with van der Waals surface area (Å²) in [6, 6.07) is 7.24. The van der Waals surface area contributed by atoms with Crippen LogP contribution in [0.25, 0.3) is 0 Å². The summed E-state index contributed by atoms with van der Waals surface area (Å²) in [7, 11) is 2.83. The van der Waals surface area contributed by atoms with E-state index in [1.807, 2.05) is 19.1 Å². The minimum absolute atomic E-state index is 0.210. The Hall–Kier alpha value is -3.09. The van der Waals surface area contributed by atoms with Crippen molar-refractivity contribution in [2.24, 2.45) is 11.8 Å². The van der Waals surface area contributed by atoms with E-state index in [0.29, 0.717) is 29.0 Å². The Kier molecular flexibility index (Phi) is 6.29. The van der Waals surface area contributed by atoms with Crippen LogP contribution in [-0.2, 0) is 23.9 Å². The topological polar surface area (TPSA) is 90.9 Å². The van der Waals surface area contributed by atoms with Crippen LogP contribution in [0.15, 0.2) is 46.8 Å². The summed E-state index contributed by atoms with van der Waals surface area (Å²) in [5.41, 5.74) is 2.85. The molecular weight excluding hydrogens is 386 g/mol. The second-order valence-corrected chi connectivity index (χ2v) is 7.53. The van der Waals surface area contributed by atoms with Gasteiger partial charge in [-0.05, 0) is 43.9 Å². The van der Waals surface area contributed by atoms with E-state index in [4.69, 9.17) is 14.2 Å². The molecule has 0 saturated heterocycles. The third kappa shape index (κ3) is 3.72. The number of Topliss-reactive ketones (excluding diaryl/α,β-unsaturated/α-hetero) is 1. The number of carbonyl (C=O) groups excluding carboxylic acids is 3. The summed E-state index contributed by atoms with van der Waals surface area (Å²) in [6.07, 6.45) is 0.495. The molecule has 7 heteroatoms. The molecular formula is C23H27NO6. The Morgan fingerprint density at radius 1 is 1.23 bits per heavy atom. The van der Waals surface area contributed by atoms with E-state index >= 15 is 0 Å². The number of ketones is 1. The lowest BCUT2D eigenvalue weighted by atomic mass is 9.69. The van der Waals surface area contributed by atoms with Gasteiger partial charge in [0, 0.05) is 22.9 Å². The molecule has 160 valence electrons. The number of benzene rings is 1. The van der Waals surface area contributed by atoms with E-state index in [2.05, 4.69) is 5.32 Å². The Labute approximate surface area is 176 Å². The minimum atomic E-state index is -0.912. The molecule has 1 N–H and O–H groups in total. The summed E-state index contributed by atoms with van der Waals surface area (Å²) >= 11 is 0. The second-order valence-electron chi connectivity index (χ2n) is 7.53. The number of nitrogens with one attached hydrogen (secondary N) is 1. The molecule has 3 rings (SSSR count). The molecule has 1 aromatic rings. The van der Waals surface area contributed by atoms with E-state index in [9.17, 15) is 14.4 Å². The fourth-order valence-corrected chi connectivity index (χ4v) is 4.31. The van der Waals surface area contributed by atoms with Crippen molar-refractivity contribution in [2.75, 3.05) is 20.8 Å². The zero-order chi connectivity index (χ0) is 22.0. The standard InChI is InChI=1S/C23H27NO6/c1-6-30-23(27)18-13(3)24-16-10-12(2)17(22(26)29-5)21(25)20(16)19(18)14-8-7-9-15(11-14)28-4/h7-9,11-12,17,19,24H,6,10H2,1-5H3/t12-,17+,19+/m1/s1. The minimum Gasteiger partial charge on any atom is -0.497 e.